The largest absolute Gasteiger partial charge is 0.435 e. The molecule has 17 heteroatoms. The second kappa shape index (κ2) is 20.6. The van der Waals surface area contributed by atoms with Crippen molar-refractivity contribution >= 4 is 29.8 Å². The van der Waals surface area contributed by atoms with Crippen molar-refractivity contribution in [2.45, 2.75) is 55.4 Å². The van der Waals surface area contributed by atoms with Crippen LogP contribution in [0.15, 0.2) is 60.7 Å². The fourth-order valence-electron chi connectivity index (χ4n) is 3.37. The maximum Gasteiger partial charge on any atom is 0.435 e. The molecule has 2 heterocycles. The van der Waals surface area contributed by atoms with Crippen LogP contribution >= 0.6 is 0 Å². The van der Waals surface area contributed by atoms with Crippen molar-refractivity contribution in [2.75, 3.05) is 24.3 Å². The molecule has 0 unspecified atom stereocenters. The van der Waals surface area contributed by atoms with Gasteiger partial charge in [0, 0.05) is 33.2 Å². The van der Waals surface area contributed by atoms with E-state index < -0.39 is 23.7 Å². The number of benzene rings is 2. The van der Waals surface area contributed by atoms with Gasteiger partial charge in [0.25, 0.3) is 0 Å². The van der Waals surface area contributed by atoms with Crippen LogP contribution in [0, 0.1) is 13.8 Å². The van der Waals surface area contributed by atoms with E-state index in [2.05, 4.69) is 15.5 Å². The zero-order valence-electron chi connectivity index (χ0n) is 24.3. The molecule has 0 fully saturated rings. The summed E-state index contributed by atoms with van der Waals surface area (Å²) in [6.45, 7) is 5.06. The van der Waals surface area contributed by atoms with Gasteiger partial charge in [-0.1, -0.05) is 57.7 Å². The summed E-state index contributed by atoms with van der Waals surface area (Å²) >= 11 is 0. The van der Waals surface area contributed by atoms with Gasteiger partial charge in [0.15, 0.2) is 11.4 Å². The zero-order valence-corrected chi connectivity index (χ0v) is 24.3. The third kappa shape index (κ3) is 13.4. The quantitative estimate of drug-likeness (QED) is 0.223. The monoisotopic (exact) mass is 688 g/mol. The topological polar surface area (TPSA) is 136 Å². The molecule has 11 nitrogen and oxygen atoms in total. The number of carbonyl (C=O) groups excluding carboxylic acids is 5. The van der Waals surface area contributed by atoms with E-state index in [1.807, 2.05) is 26.0 Å². The minimum atomic E-state index is -4.57. The number of anilines is 2. The Balaban J connectivity index is -0.000000692. The van der Waals surface area contributed by atoms with E-state index in [0.717, 1.165) is 32.8 Å². The highest BCUT2D eigenvalue weighted by molar-refractivity contribution is 5.90. The molecule has 0 saturated heterocycles. The van der Waals surface area contributed by atoms with E-state index in [1.54, 1.807) is 43.4 Å². The number of carbonyl (C=O) groups is 1. The number of hydrogen-bond donors (Lipinski definition) is 1. The highest BCUT2D eigenvalue weighted by Crippen LogP contribution is 2.33. The molecule has 0 aliphatic heterocycles. The number of aryl methyl sites for hydroxylation is 2. The van der Waals surface area contributed by atoms with Gasteiger partial charge in [-0.25, -0.2) is 9.36 Å². The molecule has 2 aromatic carbocycles. The van der Waals surface area contributed by atoms with Crippen LogP contribution in [0.1, 0.15) is 51.7 Å². The van der Waals surface area contributed by atoms with E-state index in [1.165, 1.54) is 18.7 Å². The summed E-state index contributed by atoms with van der Waals surface area (Å²) in [6, 6.07) is 15.8. The van der Waals surface area contributed by atoms with Crippen molar-refractivity contribution in [1.29, 1.82) is 0 Å². The van der Waals surface area contributed by atoms with Crippen LogP contribution in [0.3, 0.4) is 0 Å². The van der Waals surface area contributed by atoms with Gasteiger partial charge in [-0.15, -0.1) is 0 Å². The summed E-state index contributed by atoms with van der Waals surface area (Å²) in [4.78, 5) is 45.1. The van der Waals surface area contributed by atoms with Crippen LogP contribution < -0.4 is 10.2 Å². The lowest BCUT2D eigenvalue weighted by atomic mass is 10.2. The minimum Gasteiger partial charge on any atom is -0.373 e. The molecule has 2 aromatic heterocycles. The number of nitrogens with zero attached hydrogens (tertiary/aromatic N) is 5. The number of amides is 1. The summed E-state index contributed by atoms with van der Waals surface area (Å²) in [5, 5.41) is 9.87. The number of nitrogens with one attached hydrogen (secondary N) is 1. The summed E-state index contributed by atoms with van der Waals surface area (Å²) in [7, 11) is 2.96. The lowest BCUT2D eigenvalue weighted by Gasteiger charge is -2.16. The van der Waals surface area contributed by atoms with Crippen molar-refractivity contribution in [3.8, 4) is 11.4 Å². The first-order chi connectivity index (χ1) is 20.9. The van der Waals surface area contributed by atoms with Crippen molar-refractivity contribution < 1.29 is 50.3 Å². The lowest BCUT2D eigenvalue weighted by molar-refractivity contribution is -0.193. The van der Waals surface area contributed by atoms with E-state index in [0.29, 0.717) is 17.2 Å². The van der Waals surface area contributed by atoms with E-state index in [-0.39, 0.29) is 46.3 Å². The molecule has 1 amide bonds. The maximum absolute atomic E-state index is 12.8. The fraction of sp³-hybridized carbons (Fsp3) is 0.323. The van der Waals surface area contributed by atoms with Crippen molar-refractivity contribution in [3.63, 3.8) is 0 Å². The molecule has 0 aliphatic carbocycles. The van der Waals surface area contributed by atoms with E-state index in [9.17, 15) is 31.1 Å². The summed E-state index contributed by atoms with van der Waals surface area (Å²) in [5.74, 6) is -0.0122. The van der Waals surface area contributed by atoms with E-state index in [4.69, 9.17) is 19.2 Å². The van der Waals surface area contributed by atoms with Gasteiger partial charge in [0.05, 0.1) is 11.4 Å². The van der Waals surface area contributed by atoms with Crippen LogP contribution in [0.25, 0.3) is 11.4 Å². The number of halogens is 6. The van der Waals surface area contributed by atoms with Crippen LogP contribution in [0.2, 0.25) is 0 Å². The molecule has 0 bridgehead atoms. The first kappa shape index (κ1) is 46.9. The van der Waals surface area contributed by atoms with Crippen LogP contribution in [-0.4, -0.2) is 51.9 Å². The average Bonchev–Trinajstić information content (AvgIpc) is 3.60. The van der Waals surface area contributed by atoms with Crippen LogP contribution in [-0.2, 0) is 36.3 Å². The number of alkyl halides is 6. The standard InChI is InChI=1S/C14H14F3N3O.C12H12F3N3.2CO2.3CH4/c1-9-4-6-11(7-5-9)20-13(19(3)10(2)21)8-12(18-20)14(15,16)17;1-8-3-5-9(6-4-8)18-11(16-2)7-10(17-18)12(13,14)15;2*2-1-3;;;/h4-8H,1-3H3;3-7,16H,1-2H3;;;3*1H4. The summed E-state index contributed by atoms with van der Waals surface area (Å²) < 4.78 is 78.7. The third-order valence-corrected chi connectivity index (χ3v) is 5.61. The Morgan fingerprint density at radius 3 is 1.38 bits per heavy atom. The molecule has 0 radical (unpaired) electrons. The van der Waals surface area contributed by atoms with Crippen LogP contribution in [0.4, 0.5) is 38.0 Å². The normalized spacial score (nSPS) is 9.73. The molecule has 0 atom stereocenters. The molecule has 264 valence electrons. The first-order valence-electron chi connectivity index (χ1n) is 12.3. The second-order valence-electron chi connectivity index (χ2n) is 8.79. The average molecular weight is 689 g/mol. The predicted octanol–water partition coefficient (Wildman–Crippen LogP) is 7.16. The van der Waals surface area contributed by atoms with Crippen LogP contribution in [0.5, 0.6) is 0 Å². The first-order valence-corrected chi connectivity index (χ1v) is 12.3. The number of rotatable bonds is 4. The molecule has 48 heavy (non-hydrogen) atoms. The Morgan fingerprint density at radius 1 is 0.708 bits per heavy atom. The Bertz CT molecular complexity index is 1610. The Labute approximate surface area is 274 Å². The zero-order chi connectivity index (χ0) is 34.5. The smallest absolute Gasteiger partial charge is 0.373 e. The predicted molar refractivity (Wildman–Crippen MR) is 165 cm³/mol. The molecule has 1 N–H and O–H groups in total. The minimum absolute atomic E-state index is 0. The molecule has 0 spiro atoms. The van der Waals surface area contributed by atoms with Crippen molar-refractivity contribution in [3.05, 3.63) is 83.2 Å². The van der Waals surface area contributed by atoms with Gasteiger partial charge in [-0.3, -0.25) is 4.79 Å². The van der Waals surface area contributed by atoms with Crippen molar-refractivity contribution in [2.24, 2.45) is 0 Å². The third-order valence-electron chi connectivity index (χ3n) is 5.61. The SMILES string of the molecule is C.C.C.CC(=O)N(C)c1cc(C(F)(F)F)nn1-c1ccc(C)cc1.CNc1cc(C(F)(F)F)nn1-c1ccc(C)cc1.O=C=O.O=C=O. The molecule has 0 saturated carbocycles. The molecular formula is C31H38F6N6O5. The van der Waals surface area contributed by atoms with E-state index >= 15 is 0 Å². The van der Waals surface area contributed by atoms with Gasteiger partial charge in [-0.05, 0) is 38.1 Å². The van der Waals surface area contributed by atoms with Gasteiger partial charge >= 0.3 is 24.7 Å². The van der Waals surface area contributed by atoms with Crippen molar-refractivity contribution in [1.82, 2.24) is 19.6 Å². The highest BCUT2D eigenvalue weighted by atomic mass is 19.4. The number of aromatic nitrogens is 4. The lowest BCUT2D eigenvalue weighted by Crippen LogP contribution is -2.25. The Morgan fingerprint density at radius 2 is 1.04 bits per heavy atom. The Hall–Kier alpha value is -5.53. The summed E-state index contributed by atoms with van der Waals surface area (Å²) in [6.07, 6.45) is -8.51. The second-order valence-corrected chi connectivity index (χ2v) is 8.79. The maximum atomic E-state index is 12.8. The van der Waals surface area contributed by atoms with Gasteiger partial charge in [-0.2, -0.15) is 55.7 Å². The molecule has 4 rings (SSSR count). The fourth-order valence-corrected chi connectivity index (χ4v) is 3.37. The van der Waals surface area contributed by atoms with Gasteiger partial charge in [0.2, 0.25) is 5.91 Å². The highest BCUT2D eigenvalue weighted by Gasteiger charge is 2.36. The summed E-state index contributed by atoms with van der Waals surface area (Å²) in [5.41, 5.74) is 1.11. The molecule has 4 aromatic rings. The Kier molecular flexibility index (Phi) is 20.1. The van der Waals surface area contributed by atoms with Gasteiger partial charge < -0.3 is 10.2 Å². The van der Waals surface area contributed by atoms with Gasteiger partial charge in [0.1, 0.15) is 11.6 Å². The number of hydrogen-bond acceptors (Lipinski definition) is 8. The molecular weight excluding hydrogens is 650 g/mol. The molecule has 0 aliphatic rings.